The van der Waals surface area contributed by atoms with Gasteiger partial charge >= 0.3 is 0 Å². The van der Waals surface area contributed by atoms with Gasteiger partial charge in [0.05, 0.1) is 42.1 Å². The molecular weight excluding hydrogens is 406 g/mol. The van der Waals surface area contributed by atoms with Crippen molar-refractivity contribution in [1.82, 2.24) is 24.9 Å². The summed E-state index contributed by atoms with van der Waals surface area (Å²) in [6.45, 7) is 3.56. The largest absolute Gasteiger partial charge is 0.377 e. The lowest BCUT2D eigenvalue weighted by molar-refractivity contribution is -0.0286. The van der Waals surface area contributed by atoms with Gasteiger partial charge in [0.25, 0.3) is 5.89 Å². The first-order valence-electron chi connectivity index (χ1n) is 11.0. The van der Waals surface area contributed by atoms with Crippen LogP contribution in [-0.2, 0) is 10.2 Å². The second-order valence-corrected chi connectivity index (χ2v) is 8.97. The van der Waals surface area contributed by atoms with Crippen LogP contribution < -0.4 is 5.73 Å². The summed E-state index contributed by atoms with van der Waals surface area (Å²) in [7, 11) is 0. The first-order valence-corrected chi connectivity index (χ1v) is 11.0. The molecule has 0 amide bonds. The maximum atomic E-state index is 5.83. The molecule has 164 valence electrons. The van der Waals surface area contributed by atoms with Gasteiger partial charge in [-0.3, -0.25) is 14.7 Å². The summed E-state index contributed by atoms with van der Waals surface area (Å²) in [6.07, 6.45) is 12.4. The molecular formula is C23H25N7O2. The van der Waals surface area contributed by atoms with E-state index in [-0.39, 0.29) is 17.6 Å². The quantitative estimate of drug-likeness (QED) is 0.638. The second-order valence-electron chi connectivity index (χ2n) is 8.97. The van der Waals surface area contributed by atoms with E-state index in [1.54, 1.807) is 12.4 Å². The molecule has 5 heterocycles. The molecule has 0 radical (unpaired) electrons. The van der Waals surface area contributed by atoms with Crippen molar-refractivity contribution in [2.75, 3.05) is 13.2 Å². The van der Waals surface area contributed by atoms with Crippen molar-refractivity contribution in [3.8, 4) is 11.5 Å². The number of aliphatic imine (C=N–C) groups is 1. The topological polar surface area (TPSA) is 117 Å². The normalized spacial score (nSPS) is 22.9. The van der Waals surface area contributed by atoms with Crippen molar-refractivity contribution in [3.63, 3.8) is 0 Å². The van der Waals surface area contributed by atoms with Crippen LogP contribution >= 0.6 is 0 Å². The van der Waals surface area contributed by atoms with Crippen LogP contribution in [-0.4, -0.2) is 50.5 Å². The molecule has 3 aromatic rings. The van der Waals surface area contributed by atoms with Crippen molar-refractivity contribution in [1.29, 1.82) is 0 Å². The van der Waals surface area contributed by atoms with E-state index < -0.39 is 0 Å². The summed E-state index contributed by atoms with van der Waals surface area (Å²) in [5.41, 5.74) is 9.28. The molecule has 9 nitrogen and oxygen atoms in total. The summed E-state index contributed by atoms with van der Waals surface area (Å²) in [5.74, 6) is 1.64. The van der Waals surface area contributed by atoms with Gasteiger partial charge in [0.2, 0.25) is 0 Å². The van der Waals surface area contributed by atoms with Crippen molar-refractivity contribution in [2.24, 2.45) is 16.6 Å². The van der Waals surface area contributed by atoms with Crippen LogP contribution in [0.2, 0.25) is 0 Å². The van der Waals surface area contributed by atoms with Gasteiger partial charge in [-0.25, -0.2) is 0 Å². The van der Waals surface area contributed by atoms with E-state index in [0.29, 0.717) is 30.8 Å². The number of nitrogens with zero attached hydrogens (tertiary/aromatic N) is 6. The molecule has 2 N–H and O–H groups in total. The van der Waals surface area contributed by atoms with Crippen LogP contribution in [0.25, 0.3) is 17.0 Å². The Balaban J connectivity index is 1.29. The minimum atomic E-state index is -0.359. The lowest BCUT2D eigenvalue weighted by atomic mass is 9.77. The number of ether oxygens (including phenoxy) is 1. The Morgan fingerprint density at radius 1 is 1.19 bits per heavy atom. The van der Waals surface area contributed by atoms with Gasteiger partial charge in [-0.05, 0) is 37.3 Å². The highest BCUT2D eigenvalue weighted by atomic mass is 16.5. The van der Waals surface area contributed by atoms with Gasteiger partial charge in [-0.1, -0.05) is 17.3 Å². The molecule has 0 aromatic carbocycles. The molecule has 2 fully saturated rings. The third-order valence-electron chi connectivity index (χ3n) is 6.77. The van der Waals surface area contributed by atoms with Crippen LogP contribution in [0.1, 0.15) is 49.3 Å². The van der Waals surface area contributed by atoms with Crippen LogP contribution in [0, 0.1) is 5.92 Å². The van der Waals surface area contributed by atoms with Gasteiger partial charge < -0.3 is 15.0 Å². The highest BCUT2D eigenvalue weighted by Gasteiger charge is 2.47. The average Bonchev–Trinajstić information content (AvgIpc) is 3.33. The summed E-state index contributed by atoms with van der Waals surface area (Å²) in [4.78, 5) is 13.8. The summed E-state index contributed by atoms with van der Waals surface area (Å²) in [5, 5.41) is 8.81. The SMILES string of the molecule is C[C@@](c1ccc(C2=CCC(N)N=C2)nc1)(c1noc(-c2cnn(C3COC3)c2)n1)C1CC1. The predicted octanol–water partition coefficient (Wildman–Crippen LogP) is 2.76. The van der Waals surface area contributed by atoms with Crippen LogP contribution in [0.4, 0.5) is 0 Å². The molecule has 32 heavy (non-hydrogen) atoms. The maximum absolute atomic E-state index is 5.83. The number of allylic oxidation sites excluding steroid dienone is 1. The van der Waals surface area contributed by atoms with Crippen LogP contribution in [0.5, 0.6) is 0 Å². The number of dihydropyridines is 1. The molecule has 6 rings (SSSR count). The molecule has 9 heteroatoms. The van der Waals surface area contributed by atoms with E-state index in [0.717, 1.165) is 41.7 Å². The fourth-order valence-corrected chi connectivity index (χ4v) is 4.36. The van der Waals surface area contributed by atoms with Crippen molar-refractivity contribution in [2.45, 2.75) is 43.8 Å². The molecule has 1 saturated heterocycles. The molecule has 1 aliphatic carbocycles. The maximum Gasteiger partial charge on any atom is 0.261 e. The zero-order valence-corrected chi connectivity index (χ0v) is 17.9. The lowest BCUT2D eigenvalue weighted by Gasteiger charge is -2.26. The Labute approximate surface area is 185 Å². The van der Waals surface area contributed by atoms with Gasteiger partial charge in [0.1, 0.15) is 6.17 Å². The number of nitrogens with two attached hydrogens (primary N) is 1. The molecule has 0 bridgehead atoms. The fourth-order valence-electron chi connectivity index (χ4n) is 4.36. The number of rotatable bonds is 6. The van der Waals surface area contributed by atoms with Gasteiger partial charge in [-0.15, -0.1) is 0 Å². The number of aromatic nitrogens is 5. The molecule has 1 saturated carbocycles. The Morgan fingerprint density at radius 3 is 2.72 bits per heavy atom. The lowest BCUT2D eigenvalue weighted by Crippen LogP contribution is -2.30. The minimum absolute atomic E-state index is 0.155. The van der Waals surface area contributed by atoms with Gasteiger partial charge in [0.15, 0.2) is 5.82 Å². The Kier molecular flexibility index (Phi) is 4.55. The third kappa shape index (κ3) is 3.28. The number of hydrogen-bond acceptors (Lipinski definition) is 8. The first-order chi connectivity index (χ1) is 15.6. The highest BCUT2D eigenvalue weighted by molar-refractivity contribution is 6.09. The molecule has 0 spiro atoms. The van der Waals surface area contributed by atoms with Crippen molar-refractivity contribution in [3.05, 3.63) is 53.9 Å². The summed E-state index contributed by atoms with van der Waals surface area (Å²) >= 11 is 0. The molecule has 2 aliphatic heterocycles. The van der Waals surface area contributed by atoms with Crippen LogP contribution in [0.15, 0.2) is 46.3 Å². The number of hydrogen-bond donors (Lipinski definition) is 1. The zero-order valence-electron chi connectivity index (χ0n) is 17.9. The second kappa shape index (κ2) is 7.46. The summed E-state index contributed by atoms with van der Waals surface area (Å²) < 4.78 is 12.8. The van der Waals surface area contributed by atoms with E-state index in [1.807, 2.05) is 23.1 Å². The Morgan fingerprint density at radius 2 is 2.06 bits per heavy atom. The Hall–Kier alpha value is -3.17. The fraction of sp³-hybridized carbons (Fsp3) is 0.435. The van der Waals surface area contributed by atoms with E-state index in [1.165, 1.54) is 0 Å². The van der Waals surface area contributed by atoms with Crippen molar-refractivity contribution >= 4 is 11.8 Å². The highest BCUT2D eigenvalue weighted by Crippen LogP contribution is 2.50. The first kappa shape index (κ1) is 19.5. The van der Waals surface area contributed by atoms with Gasteiger partial charge in [0, 0.05) is 30.6 Å². The van der Waals surface area contributed by atoms with E-state index in [4.69, 9.17) is 25.0 Å². The average molecular weight is 432 g/mol. The molecule has 3 aliphatic rings. The Bertz CT molecular complexity index is 1190. The summed E-state index contributed by atoms with van der Waals surface area (Å²) in [6, 6.07) is 4.44. The predicted molar refractivity (Wildman–Crippen MR) is 118 cm³/mol. The smallest absolute Gasteiger partial charge is 0.261 e. The standard InChI is InChI=1S/C23H25N7O2/c1-23(16-3-4-16,17-5-6-19(25-10-17)14-2-7-20(24)26-8-14)22-28-21(32-29-22)15-9-27-30(11-15)18-12-31-13-18/h2,5-6,8-11,16,18,20H,3-4,7,12-13,24H2,1H3/t20?,23-/m1/s1. The monoisotopic (exact) mass is 431 g/mol. The van der Waals surface area contributed by atoms with Crippen molar-refractivity contribution < 1.29 is 9.26 Å². The minimum Gasteiger partial charge on any atom is -0.377 e. The number of pyridine rings is 1. The van der Waals surface area contributed by atoms with Crippen LogP contribution in [0.3, 0.4) is 0 Å². The van der Waals surface area contributed by atoms with E-state index in [2.05, 4.69) is 34.3 Å². The molecule has 3 aromatic heterocycles. The van der Waals surface area contributed by atoms with E-state index >= 15 is 0 Å². The zero-order chi connectivity index (χ0) is 21.7. The molecule has 1 unspecified atom stereocenters. The third-order valence-corrected chi connectivity index (χ3v) is 6.77. The molecule has 2 atom stereocenters. The van der Waals surface area contributed by atoms with Gasteiger partial charge in [-0.2, -0.15) is 10.1 Å². The van der Waals surface area contributed by atoms with E-state index in [9.17, 15) is 0 Å².